The number of benzene rings is 1. The number of aromatic nitrogens is 2. The molecule has 4 nitrogen and oxygen atoms in total. The lowest BCUT2D eigenvalue weighted by Crippen LogP contribution is -2.19. The molecule has 3 aromatic heterocycles. The molecule has 0 bridgehead atoms. The minimum Gasteiger partial charge on any atom is -0.339 e. The molecular weight excluding hydrogens is 350 g/mol. The molecule has 0 N–H and O–H groups in total. The Kier molecular flexibility index (Phi) is 4.92. The van der Waals surface area contributed by atoms with Crippen LogP contribution < -0.4 is 0 Å². The standard InChI is InChI=1S/C19H19N3OS2/c1-22(12-14-13-25-16-7-3-2-6-15(14)16)10-4-9-18-20-19(21-23-18)17-8-5-11-24-17/h2-3,5-8,11,13H,4,9-10,12H2,1H3. The van der Waals surface area contributed by atoms with Crippen molar-refractivity contribution in [1.82, 2.24) is 15.0 Å². The van der Waals surface area contributed by atoms with Crippen LogP contribution in [0.1, 0.15) is 17.9 Å². The smallest absolute Gasteiger partial charge is 0.227 e. The second-order valence-corrected chi connectivity index (χ2v) is 7.95. The molecule has 0 unspecified atom stereocenters. The van der Waals surface area contributed by atoms with Crippen LogP contribution in [0, 0.1) is 0 Å². The second kappa shape index (κ2) is 7.47. The molecule has 0 saturated carbocycles. The van der Waals surface area contributed by atoms with Gasteiger partial charge in [-0.2, -0.15) is 4.98 Å². The molecule has 0 aliphatic rings. The third-order valence-corrected chi connectivity index (χ3v) is 6.02. The predicted molar refractivity (Wildman–Crippen MR) is 104 cm³/mol. The van der Waals surface area contributed by atoms with Gasteiger partial charge in [0.15, 0.2) is 0 Å². The van der Waals surface area contributed by atoms with E-state index in [1.165, 1.54) is 15.6 Å². The summed E-state index contributed by atoms with van der Waals surface area (Å²) in [4.78, 5) is 7.89. The van der Waals surface area contributed by atoms with Gasteiger partial charge >= 0.3 is 0 Å². The summed E-state index contributed by atoms with van der Waals surface area (Å²) in [5, 5.41) is 9.73. The summed E-state index contributed by atoms with van der Waals surface area (Å²) in [6.07, 6.45) is 1.82. The predicted octanol–water partition coefficient (Wildman–Crippen LogP) is 5.08. The zero-order valence-electron chi connectivity index (χ0n) is 14.0. The molecule has 0 atom stereocenters. The van der Waals surface area contributed by atoms with Crippen molar-refractivity contribution >= 4 is 32.8 Å². The number of fused-ring (bicyclic) bond motifs is 1. The second-order valence-electron chi connectivity index (χ2n) is 6.09. The van der Waals surface area contributed by atoms with E-state index in [-0.39, 0.29) is 0 Å². The molecular formula is C19H19N3OS2. The van der Waals surface area contributed by atoms with Crippen molar-refractivity contribution in [2.24, 2.45) is 0 Å². The van der Waals surface area contributed by atoms with Crippen molar-refractivity contribution in [2.45, 2.75) is 19.4 Å². The van der Waals surface area contributed by atoms with Gasteiger partial charge in [0.2, 0.25) is 11.7 Å². The highest BCUT2D eigenvalue weighted by Gasteiger charge is 2.10. The lowest BCUT2D eigenvalue weighted by atomic mass is 10.1. The number of hydrogen-bond donors (Lipinski definition) is 0. The Morgan fingerprint density at radius 1 is 1.12 bits per heavy atom. The minimum absolute atomic E-state index is 0.697. The van der Waals surface area contributed by atoms with Crippen molar-refractivity contribution in [3.05, 3.63) is 58.6 Å². The van der Waals surface area contributed by atoms with Crippen LogP contribution in [0.4, 0.5) is 0 Å². The first-order valence-electron chi connectivity index (χ1n) is 8.30. The van der Waals surface area contributed by atoms with Crippen molar-refractivity contribution in [1.29, 1.82) is 0 Å². The molecule has 0 aliphatic heterocycles. The molecule has 6 heteroatoms. The Morgan fingerprint density at radius 2 is 2.04 bits per heavy atom. The fourth-order valence-electron chi connectivity index (χ4n) is 2.89. The largest absolute Gasteiger partial charge is 0.339 e. The SMILES string of the molecule is CN(CCCc1nc(-c2cccs2)no1)Cc1csc2ccccc12. The Morgan fingerprint density at radius 3 is 2.92 bits per heavy atom. The van der Waals surface area contributed by atoms with E-state index in [2.05, 4.69) is 51.7 Å². The molecule has 0 saturated heterocycles. The van der Waals surface area contributed by atoms with Crippen LogP contribution in [0.5, 0.6) is 0 Å². The molecule has 0 spiro atoms. The summed E-state index contributed by atoms with van der Waals surface area (Å²) in [6, 6.07) is 12.6. The average molecular weight is 370 g/mol. The highest BCUT2D eigenvalue weighted by molar-refractivity contribution is 7.17. The number of rotatable bonds is 7. The molecule has 4 rings (SSSR count). The summed E-state index contributed by atoms with van der Waals surface area (Å²) in [5.41, 5.74) is 1.40. The van der Waals surface area contributed by atoms with E-state index in [1.807, 2.05) is 28.8 Å². The van der Waals surface area contributed by atoms with E-state index < -0.39 is 0 Å². The first-order chi connectivity index (χ1) is 12.3. The van der Waals surface area contributed by atoms with Crippen molar-refractivity contribution in [2.75, 3.05) is 13.6 Å². The maximum atomic E-state index is 5.36. The molecule has 0 fully saturated rings. The number of aryl methyl sites for hydroxylation is 1. The average Bonchev–Trinajstić information content (AvgIpc) is 3.35. The lowest BCUT2D eigenvalue weighted by molar-refractivity contribution is 0.311. The molecule has 0 aliphatic carbocycles. The quantitative estimate of drug-likeness (QED) is 0.456. The van der Waals surface area contributed by atoms with E-state index >= 15 is 0 Å². The Bertz CT molecular complexity index is 943. The van der Waals surface area contributed by atoms with Gasteiger partial charge in [0.05, 0.1) is 4.88 Å². The Labute approximate surface area is 154 Å². The van der Waals surface area contributed by atoms with Gasteiger partial charge in [-0.05, 0) is 53.9 Å². The van der Waals surface area contributed by atoms with Crippen LogP contribution in [0.25, 0.3) is 20.8 Å². The molecule has 25 heavy (non-hydrogen) atoms. The number of nitrogens with zero attached hydrogens (tertiary/aromatic N) is 3. The molecule has 3 heterocycles. The highest BCUT2D eigenvalue weighted by atomic mass is 32.1. The fourth-order valence-corrected chi connectivity index (χ4v) is 4.49. The maximum Gasteiger partial charge on any atom is 0.227 e. The highest BCUT2D eigenvalue weighted by Crippen LogP contribution is 2.26. The van der Waals surface area contributed by atoms with E-state index in [9.17, 15) is 0 Å². The summed E-state index contributed by atoms with van der Waals surface area (Å²) in [5.74, 6) is 1.42. The number of thiophene rings is 2. The minimum atomic E-state index is 0.697. The Balaban J connectivity index is 1.30. The molecule has 128 valence electrons. The van der Waals surface area contributed by atoms with Gasteiger partial charge in [0, 0.05) is 17.7 Å². The molecule has 4 aromatic rings. The van der Waals surface area contributed by atoms with Crippen LogP contribution in [0.2, 0.25) is 0 Å². The van der Waals surface area contributed by atoms with Crippen LogP contribution in [0.15, 0.2) is 51.7 Å². The molecule has 0 amide bonds. The molecule has 1 aromatic carbocycles. The number of hydrogen-bond acceptors (Lipinski definition) is 6. The van der Waals surface area contributed by atoms with Crippen molar-refractivity contribution in [3.63, 3.8) is 0 Å². The fraction of sp³-hybridized carbons (Fsp3) is 0.263. The van der Waals surface area contributed by atoms with Gasteiger partial charge in [-0.15, -0.1) is 22.7 Å². The zero-order chi connectivity index (χ0) is 17.1. The zero-order valence-corrected chi connectivity index (χ0v) is 15.6. The van der Waals surface area contributed by atoms with Gasteiger partial charge in [-0.25, -0.2) is 0 Å². The molecule has 0 radical (unpaired) electrons. The van der Waals surface area contributed by atoms with Crippen molar-refractivity contribution < 1.29 is 4.52 Å². The van der Waals surface area contributed by atoms with Gasteiger partial charge < -0.3 is 9.42 Å². The third kappa shape index (κ3) is 3.81. The van der Waals surface area contributed by atoms with Gasteiger partial charge in [0.25, 0.3) is 0 Å². The third-order valence-electron chi connectivity index (χ3n) is 4.14. The summed E-state index contributed by atoms with van der Waals surface area (Å²) < 4.78 is 6.72. The first kappa shape index (κ1) is 16.4. The van der Waals surface area contributed by atoms with Crippen LogP contribution in [-0.4, -0.2) is 28.6 Å². The summed E-state index contributed by atoms with van der Waals surface area (Å²) in [6.45, 7) is 1.97. The van der Waals surface area contributed by atoms with E-state index in [0.29, 0.717) is 5.82 Å². The van der Waals surface area contributed by atoms with Gasteiger partial charge in [0.1, 0.15) is 0 Å². The summed E-state index contributed by atoms with van der Waals surface area (Å²) >= 11 is 3.45. The van der Waals surface area contributed by atoms with Crippen molar-refractivity contribution in [3.8, 4) is 10.7 Å². The summed E-state index contributed by atoms with van der Waals surface area (Å²) in [7, 11) is 2.16. The maximum absolute atomic E-state index is 5.36. The monoisotopic (exact) mass is 369 g/mol. The van der Waals surface area contributed by atoms with Gasteiger partial charge in [-0.3, -0.25) is 0 Å². The topological polar surface area (TPSA) is 42.2 Å². The van der Waals surface area contributed by atoms with Crippen LogP contribution in [-0.2, 0) is 13.0 Å². The first-order valence-corrected chi connectivity index (χ1v) is 10.1. The van der Waals surface area contributed by atoms with Crippen LogP contribution in [0.3, 0.4) is 0 Å². The lowest BCUT2D eigenvalue weighted by Gasteiger charge is -2.15. The van der Waals surface area contributed by atoms with Gasteiger partial charge in [-0.1, -0.05) is 29.4 Å². The van der Waals surface area contributed by atoms with Crippen LogP contribution >= 0.6 is 22.7 Å². The van der Waals surface area contributed by atoms with E-state index in [4.69, 9.17) is 4.52 Å². The van der Waals surface area contributed by atoms with E-state index in [1.54, 1.807) is 11.3 Å². The normalized spacial score (nSPS) is 11.6. The van der Waals surface area contributed by atoms with E-state index in [0.717, 1.165) is 36.7 Å². The Hall–Kier alpha value is -2.02.